The molecule has 0 saturated heterocycles. The molecule has 30 heavy (non-hydrogen) atoms. The van der Waals surface area contributed by atoms with Crippen LogP contribution in [0.4, 0.5) is 0 Å². The van der Waals surface area contributed by atoms with Gasteiger partial charge in [0.1, 0.15) is 0 Å². The van der Waals surface area contributed by atoms with Gasteiger partial charge in [0.2, 0.25) is 0 Å². The molecule has 0 aromatic rings. The van der Waals surface area contributed by atoms with Crippen LogP contribution in [0.25, 0.3) is 0 Å². The lowest BCUT2D eigenvalue weighted by Gasteiger charge is -2.16. The van der Waals surface area contributed by atoms with Crippen molar-refractivity contribution in [1.82, 2.24) is 0 Å². The highest BCUT2D eigenvalue weighted by molar-refractivity contribution is 4.59. The van der Waals surface area contributed by atoms with Gasteiger partial charge in [-0.25, -0.2) is 0 Å². The van der Waals surface area contributed by atoms with Crippen molar-refractivity contribution < 1.29 is 0 Å². The minimum atomic E-state index is 0.542. The molecule has 0 nitrogen and oxygen atoms in total. The first-order valence-corrected chi connectivity index (χ1v) is 13.3. The van der Waals surface area contributed by atoms with Crippen LogP contribution in [-0.4, -0.2) is 0 Å². The molecule has 0 heteroatoms. The van der Waals surface area contributed by atoms with E-state index in [0.717, 1.165) is 23.7 Å². The van der Waals surface area contributed by atoms with E-state index in [4.69, 9.17) is 0 Å². The molecule has 0 fully saturated rings. The van der Waals surface area contributed by atoms with Crippen molar-refractivity contribution in [3.8, 4) is 0 Å². The average molecular weight is 431 g/mol. The molecule has 0 bridgehead atoms. The van der Waals surface area contributed by atoms with Gasteiger partial charge in [0, 0.05) is 0 Å². The maximum Gasteiger partial charge on any atom is -0.0383 e. The van der Waals surface area contributed by atoms with Crippen LogP contribution < -0.4 is 0 Å². The zero-order valence-electron chi connectivity index (χ0n) is 25.6. The summed E-state index contributed by atoms with van der Waals surface area (Å²) in [4.78, 5) is 0. The first kappa shape index (κ1) is 40.4. The van der Waals surface area contributed by atoms with E-state index < -0.39 is 0 Å². The molecule has 190 valence electrons. The highest BCUT2D eigenvalue weighted by Crippen LogP contribution is 2.20. The van der Waals surface area contributed by atoms with Crippen LogP contribution in [0, 0.1) is 34.5 Å². The molecule has 0 spiro atoms. The fraction of sp³-hybridized carbons (Fsp3) is 1.00. The molecule has 0 heterocycles. The molecule has 0 atom stereocenters. The van der Waals surface area contributed by atoms with Gasteiger partial charge in [-0.1, -0.05) is 157 Å². The molecule has 0 aromatic heterocycles. The molecule has 0 aliphatic rings. The van der Waals surface area contributed by atoms with E-state index in [0.29, 0.717) is 10.8 Å². The summed E-state index contributed by atoms with van der Waals surface area (Å²) in [6.07, 6.45) is 8.05. The van der Waals surface area contributed by atoms with Gasteiger partial charge in [-0.2, -0.15) is 0 Å². The first-order valence-electron chi connectivity index (χ1n) is 13.3. The predicted octanol–water partition coefficient (Wildman–Crippen LogP) is 12.1. The monoisotopic (exact) mass is 431 g/mol. The van der Waals surface area contributed by atoms with E-state index in [-0.39, 0.29) is 0 Å². The van der Waals surface area contributed by atoms with Gasteiger partial charge in [-0.3, -0.25) is 0 Å². The second-order valence-corrected chi connectivity index (χ2v) is 13.0. The van der Waals surface area contributed by atoms with Gasteiger partial charge in [-0.15, -0.1) is 0 Å². The van der Waals surface area contributed by atoms with E-state index >= 15 is 0 Å². The summed E-state index contributed by atoms with van der Waals surface area (Å²) in [5.41, 5.74) is 1.09. The zero-order chi connectivity index (χ0) is 25.6. The topological polar surface area (TPSA) is 0 Å². The first-order chi connectivity index (χ1) is 13.3. The molecule has 0 amide bonds. The average Bonchev–Trinajstić information content (AvgIpc) is 2.52. The highest BCUT2D eigenvalue weighted by Gasteiger charge is 2.07. The van der Waals surface area contributed by atoms with Crippen molar-refractivity contribution in [3.63, 3.8) is 0 Å². The van der Waals surface area contributed by atoms with E-state index in [1.54, 1.807) is 0 Å². The molecule has 0 saturated carbocycles. The Labute approximate surface area is 197 Å². The van der Waals surface area contributed by atoms with E-state index in [2.05, 4.69) is 125 Å². The van der Waals surface area contributed by atoms with Gasteiger partial charge >= 0.3 is 0 Å². The third-order valence-electron chi connectivity index (χ3n) is 4.54. The molecule has 0 N–H and O–H groups in total. The van der Waals surface area contributed by atoms with Crippen LogP contribution in [-0.2, 0) is 0 Å². The minimum absolute atomic E-state index is 0.542. The van der Waals surface area contributed by atoms with Gasteiger partial charge < -0.3 is 0 Å². The second kappa shape index (κ2) is 25.3. The quantitative estimate of drug-likeness (QED) is 0.406. The maximum absolute atomic E-state index is 2.29. The molecule has 0 unspecified atom stereocenters. The Balaban J connectivity index is -0.0000000882. The molecule has 0 rings (SSSR count). The smallest absolute Gasteiger partial charge is 0.0383 e. The van der Waals surface area contributed by atoms with Crippen molar-refractivity contribution >= 4 is 0 Å². The normalized spacial score (nSPS) is 11.0. The van der Waals surface area contributed by atoms with Crippen molar-refractivity contribution in [2.75, 3.05) is 0 Å². The Bertz CT molecular complexity index is 259. The molecule has 0 aliphatic carbocycles. The Morgan fingerprint density at radius 2 is 0.833 bits per heavy atom. The fourth-order valence-electron chi connectivity index (χ4n) is 1.28. The lowest BCUT2D eigenvalue weighted by Crippen LogP contribution is -2.03. The van der Waals surface area contributed by atoms with Crippen LogP contribution in [0.1, 0.15) is 163 Å². The summed E-state index contributed by atoms with van der Waals surface area (Å²) in [5, 5.41) is 0. The number of hydrogen-bond donors (Lipinski definition) is 0. The summed E-state index contributed by atoms with van der Waals surface area (Å²) in [6.45, 7) is 40.3. The van der Waals surface area contributed by atoms with Crippen molar-refractivity contribution in [1.29, 1.82) is 0 Å². The van der Waals surface area contributed by atoms with Crippen LogP contribution in [0.15, 0.2) is 0 Å². The Hall–Kier alpha value is 0. The molecule has 0 aliphatic heterocycles. The summed E-state index contributed by atoms with van der Waals surface area (Å²) in [6, 6.07) is 0. The molecular weight excluding hydrogens is 360 g/mol. The lowest BCUT2D eigenvalue weighted by atomic mass is 9.90. The standard InChI is InChI=1S/C8H18.3C6H14.C4H10/c1-5-6-7-8(2,3)4;1-5-6(2,3)4;1-5(2)6(3)4;1-4-5-6(2)3;1-4(2)3/h5-7H2,1-4H3;5H2,1-4H3;5-6H,1-4H3;6H,4-5H2,1-3H3;4H,1-3H3. The van der Waals surface area contributed by atoms with Gasteiger partial charge in [0.25, 0.3) is 0 Å². The number of hydrogen-bond acceptors (Lipinski definition) is 0. The van der Waals surface area contributed by atoms with Crippen molar-refractivity contribution in [3.05, 3.63) is 0 Å². The summed E-state index contributed by atoms with van der Waals surface area (Å²) in [5.74, 6) is 3.44. The maximum atomic E-state index is 2.29. The molecular formula is C30H70. The number of rotatable bonds is 5. The minimum Gasteiger partial charge on any atom is -0.0654 e. The zero-order valence-corrected chi connectivity index (χ0v) is 25.6. The molecule has 0 aromatic carbocycles. The fourth-order valence-corrected chi connectivity index (χ4v) is 1.28. The third-order valence-corrected chi connectivity index (χ3v) is 4.54. The highest BCUT2D eigenvalue weighted by atomic mass is 14.1. The van der Waals surface area contributed by atoms with E-state index in [9.17, 15) is 0 Å². The Morgan fingerprint density at radius 1 is 0.533 bits per heavy atom. The van der Waals surface area contributed by atoms with Gasteiger partial charge in [-0.05, 0) is 40.9 Å². The van der Waals surface area contributed by atoms with Gasteiger partial charge in [0.05, 0.1) is 0 Å². The third kappa shape index (κ3) is 90.7. The van der Waals surface area contributed by atoms with E-state index in [1.165, 1.54) is 38.5 Å². The lowest BCUT2D eigenvalue weighted by molar-refractivity contribution is 0.363. The van der Waals surface area contributed by atoms with E-state index in [1.807, 2.05) is 0 Å². The van der Waals surface area contributed by atoms with Crippen molar-refractivity contribution in [2.24, 2.45) is 34.5 Å². The summed E-state index contributed by atoms with van der Waals surface area (Å²) in [7, 11) is 0. The number of unbranched alkanes of at least 4 members (excludes halogenated alkanes) is 1. The van der Waals surface area contributed by atoms with Crippen LogP contribution >= 0.6 is 0 Å². The second-order valence-electron chi connectivity index (χ2n) is 13.0. The summed E-state index contributed by atoms with van der Waals surface area (Å²) >= 11 is 0. The van der Waals surface area contributed by atoms with Crippen molar-refractivity contribution in [2.45, 2.75) is 163 Å². The predicted molar refractivity (Wildman–Crippen MR) is 149 cm³/mol. The van der Waals surface area contributed by atoms with Gasteiger partial charge in [0.15, 0.2) is 0 Å². The Morgan fingerprint density at radius 3 is 0.867 bits per heavy atom. The largest absolute Gasteiger partial charge is 0.0654 e. The Kier molecular flexibility index (Phi) is 34.0. The summed E-state index contributed by atoms with van der Waals surface area (Å²) < 4.78 is 0. The molecule has 0 radical (unpaired) electrons. The van der Waals surface area contributed by atoms with Crippen LogP contribution in [0.3, 0.4) is 0 Å². The van der Waals surface area contributed by atoms with Crippen LogP contribution in [0.5, 0.6) is 0 Å². The van der Waals surface area contributed by atoms with Crippen LogP contribution in [0.2, 0.25) is 0 Å². The SMILES string of the molecule is CC(C)C.CC(C)C(C)C.CCC(C)(C)C.CCCC(C)C.CCCCC(C)(C)C.